The van der Waals surface area contributed by atoms with Gasteiger partial charge < -0.3 is 10.1 Å². The lowest BCUT2D eigenvalue weighted by molar-refractivity contribution is 0.242. The number of tetrazole rings is 1. The maximum atomic E-state index is 5.58. The van der Waals surface area contributed by atoms with E-state index in [1.54, 1.807) is 0 Å². The molecule has 0 bridgehead atoms. The molecule has 0 saturated carbocycles. The van der Waals surface area contributed by atoms with Crippen LogP contribution in [-0.2, 0) is 13.1 Å². The van der Waals surface area contributed by atoms with Crippen LogP contribution in [0.25, 0.3) is 0 Å². The molecule has 0 aliphatic heterocycles. The Morgan fingerprint density at radius 3 is 2.61 bits per heavy atom. The lowest BCUT2D eigenvalue weighted by Gasteiger charge is -2.10. The molecular formula is C12H17N5O. The molecule has 0 spiro atoms. The van der Waals surface area contributed by atoms with Gasteiger partial charge >= 0.3 is 0 Å². The van der Waals surface area contributed by atoms with Gasteiger partial charge in [-0.15, -0.1) is 10.2 Å². The van der Waals surface area contributed by atoms with Crippen LogP contribution in [0.1, 0.15) is 25.2 Å². The molecule has 0 radical (unpaired) electrons. The summed E-state index contributed by atoms with van der Waals surface area (Å²) < 4.78 is 5.58. The first-order valence-corrected chi connectivity index (χ1v) is 5.92. The van der Waals surface area contributed by atoms with E-state index in [0.717, 1.165) is 12.3 Å². The number of rotatable bonds is 6. The van der Waals surface area contributed by atoms with Gasteiger partial charge in [0.05, 0.1) is 12.6 Å². The number of hydrogen-bond donors (Lipinski definition) is 2. The average molecular weight is 247 g/mol. The van der Waals surface area contributed by atoms with Gasteiger partial charge in [0.1, 0.15) is 5.75 Å². The van der Waals surface area contributed by atoms with E-state index in [9.17, 15) is 0 Å². The molecule has 6 nitrogen and oxygen atoms in total. The van der Waals surface area contributed by atoms with Crippen LogP contribution >= 0.6 is 0 Å². The zero-order chi connectivity index (χ0) is 12.8. The molecule has 0 saturated heterocycles. The Balaban J connectivity index is 1.79. The van der Waals surface area contributed by atoms with Gasteiger partial charge in [-0.2, -0.15) is 5.21 Å². The van der Waals surface area contributed by atoms with E-state index in [-0.39, 0.29) is 6.10 Å². The van der Waals surface area contributed by atoms with E-state index in [0.29, 0.717) is 12.4 Å². The third-order valence-corrected chi connectivity index (χ3v) is 2.30. The van der Waals surface area contributed by atoms with Gasteiger partial charge in [0.25, 0.3) is 0 Å². The second kappa shape index (κ2) is 6.11. The Kier molecular flexibility index (Phi) is 4.25. The highest BCUT2D eigenvalue weighted by atomic mass is 16.5. The average Bonchev–Trinajstić information content (AvgIpc) is 2.84. The number of nitrogens with zero attached hydrogens (tertiary/aromatic N) is 3. The Morgan fingerprint density at radius 1 is 1.22 bits per heavy atom. The molecule has 2 N–H and O–H groups in total. The minimum atomic E-state index is 0.201. The second-order valence-corrected chi connectivity index (χ2v) is 4.24. The maximum absolute atomic E-state index is 5.58. The predicted molar refractivity (Wildman–Crippen MR) is 66.9 cm³/mol. The molecule has 1 aromatic heterocycles. The first kappa shape index (κ1) is 12.5. The number of aromatic nitrogens is 4. The Bertz CT molecular complexity index is 452. The lowest BCUT2D eigenvalue weighted by atomic mass is 10.2. The minimum Gasteiger partial charge on any atom is -0.491 e. The second-order valence-electron chi connectivity index (χ2n) is 4.24. The van der Waals surface area contributed by atoms with Gasteiger partial charge in [-0.1, -0.05) is 17.3 Å². The quantitative estimate of drug-likeness (QED) is 0.804. The molecule has 6 heteroatoms. The van der Waals surface area contributed by atoms with Gasteiger partial charge in [-0.05, 0) is 31.5 Å². The largest absolute Gasteiger partial charge is 0.491 e. The van der Waals surface area contributed by atoms with Gasteiger partial charge in [-0.3, -0.25) is 0 Å². The van der Waals surface area contributed by atoms with Crippen LogP contribution < -0.4 is 10.1 Å². The van der Waals surface area contributed by atoms with Crippen LogP contribution in [0.2, 0.25) is 0 Å². The fourth-order valence-electron chi connectivity index (χ4n) is 1.53. The van der Waals surface area contributed by atoms with Gasteiger partial charge in [0, 0.05) is 6.54 Å². The van der Waals surface area contributed by atoms with E-state index >= 15 is 0 Å². The Hall–Kier alpha value is -1.95. The van der Waals surface area contributed by atoms with Crippen molar-refractivity contribution in [1.29, 1.82) is 0 Å². The van der Waals surface area contributed by atoms with Crippen LogP contribution in [0.5, 0.6) is 5.75 Å². The highest BCUT2D eigenvalue weighted by Gasteiger charge is 2.00. The van der Waals surface area contributed by atoms with Crippen molar-refractivity contribution in [3.63, 3.8) is 0 Å². The van der Waals surface area contributed by atoms with Gasteiger partial charge in [0.15, 0.2) is 5.82 Å². The molecular weight excluding hydrogens is 230 g/mol. The van der Waals surface area contributed by atoms with E-state index in [1.807, 2.05) is 38.1 Å². The monoisotopic (exact) mass is 247 g/mol. The molecule has 0 amide bonds. The Labute approximate surface area is 106 Å². The maximum Gasteiger partial charge on any atom is 0.188 e. The third-order valence-electron chi connectivity index (χ3n) is 2.30. The van der Waals surface area contributed by atoms with Crippen LogP contribution in [0.15, 0.2) is 24.3 Å². The molecule has 0 fully saturated rings. The van der Waals surface area contributed by atoms with E-state index < -0.39 is 0 Å². The first-order chi connectivity index (χ1) is 8.74. The molecule has 18 heavy (non-hydrogen) atoms. The molecule has 0 unspecified atom stereocenters. The summed E-state index contributed by atoms with van der Waals surface area (Å²) >= 11 is 0. The third kappa shape index (κ3) is 3.81. The van der Waals surface area contributed by atoms with Crippen molar-refractivity contribution in [2.75, 3.05) is 0 Å². The highest BCUT2D eigenvalue weighted by molar-refractivity contribution is 5.27. The fourth-order valence-corrected chi connectivity index (χ4v) is 1.53. The molecule has 1 aromatic carbocycles. The summed E-state index contributed by atoms with van der Waals surface area (Å²) in [5, 5.41) is 16.9. The van der Waals surface area contributed by atoms with Crippen molar-refractivity contribution in [2.45, 2.75) is 33.0 Å². The molecule has 0 aliphatic rings. The molecule has 0 atom stereocenters. The summed E-state index contributed by atoms with van der Waals surface area (Å²) in [6.45, 7) is 5.39. The van der Waals surface area contributed by atoms with Crippen molar-refractivity contribution in [3.8, 4) is 5.75 Å². The summed E-state index contributed by atoms with van der Waals surface area (Å²) in [5.74, 6) is 1.56. The summed E-state index contributed by atoms with van der Waals surface area (Å²) in [5.41, 5.74) is 1.19. The number of hydrogen-bond acceptors (Lipinski definition) is 5. The number of H-pyrrole nitrogens is 1. The summed E-state index contributed by atoms with van der Waals surface area (Å²) in [6, 6.07) is 8.04. The van der Waals surface area contributed by atoms with Crippen molar-refractivity contribution in [3.05, 3.63) is 35.7 Å². The predicted octanol–water partition coefficient (Wildman–Crippen LogP) is 1.28. The highest BCUT2D eigenvalue weighted by Crippen LogP contribution is 2.13. The van der Waals surface area contributed by atoms with Crippen LogP contribution in [0.4, 0.5) is 0 Å². The van der Waals surface area contributed by atoms with Crippen molar-refractivity contribution < 1.29 is 4.74 Å². The topological polar surface area (TPSA) is 75.7 Å². The fraction of sp³-hybridized carbons (Fsp3) is 0.417. The van der Waals surface area contributed by atoms with E-state index in [4.69, 9.17) is 4.74 Å². The number of ether oxygens (including phenoxy) is 1. The molecule has 96 valence electrons. The Morgan fingerprint density at radius 2 is 2.00 bits per heavy atom. The number of aromatic amines is 1. The van der Waals surface area contributed by atoms with Crippen molar-refractivity contribution in [2.24, 2.45) is 0 Å². The minimum absolute atomic E-state index is 0.201. The van der Waals surface area contributed by atoms with Crippen LogP contribution in [0, 0.1) is 0 Å². The normalized spacial score (nSPS) is 10.8. The lowest BCUT2D eigenvalue weighted by Crippen LogP contribution is -2.13. The number of benzene rings is 1. The first-order valence-electron chi connectivity index (χ1n) is 5.92. The number of nitrogens with one attached hydrogen (secondary N) is 2. The zero-order valence-electron chi connectivity index (χ0n) is 10.6. The molecule has 2 rings (SSSR count). The van der Waals surface area contributed by atoms with Gasteiger partial charge in [-0.25, -0.2) is 0 Å². The van der Waals surface area contributed by atoms with E-state index in [2.05, 4.69) is 25.9 Å². The van der Waals surface area contributed by atoms with Crippen molar-refractivity contribution >= 4 is 0 Å². The molecule has 0 aliphatic carbocycles. The summed E-state index contributed by atoms with van der Waals surface area (Å²) in [4.78, 5) is 0. The zero-order valence-corrected chi connectivity index (χ0v) is 10.6. The molecule has 2 aromatic rings. The van der Waals surface area contributed by atoms with Gasteiger partial charge in [0.2, 0.25) is 0 Å². The van der Waals surface area contributed by atoms with Crippen LogP contribution in [0.3, 0.4) is 0 Å². The summed E-state index contributed by atoms with van der Waals surface area (Å²) in [6.07, 6.45) is 0.201. The summed E-state index contributed by atoms with van der Waals surface area (Å²) in [7, 11) is 0. The van der Waals surface area contributed by atoms with Crippen molar-refractivity contribution in [1.82, 2.24) is 25.9 Å². The van der Waals surface area contributed by atoms with E-state index in [1.165, 1.54) is 5.56 Å². The smallest absolute Gasteiger partial charge is 0.188 e. The van der Waals surface area contributed by atoms with Crippen LogP contribution in [-0.4, -0.2) is 26.7 Å². The standard InChI is InChI=1S/C12H17N5O/c1-9(2)18-11-5-3-10(4-6-11)7-13-8-12-14-16-17-15-12/h3-6,9,13H,7-8H2,1-2H3,(H,14,15,16,17). The SMILES string of the molecule is CC(C)Oc1ccc(CNCc2nn[nH]n2)cc1. The molecule has 1 heterocycles.